The molecule has 0 spiro atoms. The third kappa shape index (κ3) is 3.39. The maximum Gasteiger partial charge on any atom is 0.297 e. The Morgan fingerprint density at radius 2 is 1.94 bits per heavy atom. The SMILES string of the molecule is CSc1nnc(C(C)C)c(=O)n1N=CC(C)C. The predicted octanol–water partition coefficient (Wildman–Crippen LogP) is 1.97. The molecule has 0 aliphatic heterocycles. The molecule has 1 aromatic heterocycles. The van der Waals surface area contributed by atoms with Gasteiger partial charge >= 0.3 is 0 Å². The van der Waals surface area contributed by atoms with Crippen LogP contribution in [-0.4, -0.2) is 27.3 Å². The van der Waals surface area contributed by atoms with Crippen molar-refractivity contribution in [2.75, 3.05) is 6.26 Å². The summed E-state index contributed by atoms with van der Waals surface area (Å²) < 4.78 is 1.33. The van der Waals surface area contributed by atoms with Gasteiger partial charge in [-0.1, -0.05) is 39.5 Å². The molecular weight excluding hydrogens is 236 g/mol. The van der Waals surface area contributed by atoms with Gasteiger partial charge in [-0.2, -0.15) is 9.78 Å². The number of hydrogen-bond acceptors (Lipinski definition) is 5. The number of thioether (sulfide) groups is 1. The van der Waals surface area contributed by atoms with Crippen LogP contribution in [0.3, 0.4) is 0 Å². The molecule has 0 fully saturated rings. The Hall–Kier alpha value is -1.17. The summed E-state index contributed by atoms with van der Waals surface area (Å²) in [5.74, 6) is 0.332. The molecule has 0 bridgehead atoms. The maximum absolute atomic E-state index is 12.1. The molecule has 0 radical (unpaired) electrons. The lowest BCUT2D eigenvalue weighted by Crippen LogP contribution is -2.26. The van der Waals surface area contributed by atoms with Crippen LogP contribution in [0.1, 0.15) is 39.3 Å². The Balaban J connectivity index is 3.33. The van der Waals surface area contributed by atoms with E-state index in [-0.39, 0.29) is 17.4 Å². The number of aromatic nitrogens is 3. The molecule has 5 nitrogen and oxygen atoms in total. The molecule has 94 valence electrons. The van der Waals surface area contributed by atoms with E-state index in [0.29, 0.717) is 10.9 Å². The number of nitrogens with zero attached hydrogens (tertiary/aromatic N) is 4. The third-order valence-corrected chi connectivity index (χ3v) is 2.67. The van der Waals surface area contributed by atoms with Crippen LogP contribution in [0.15, 0.2) is 15.1 Å². The second-order valence-corrected chi connectivity index (χ2v) is 5.13. The molecule has 0 saturated carbocycles. The summed E-state index contributed by atoms with van der Waals surface area (Å²) in [7, 11) is 0. The largest absolute Gasteiger partial charge is 0.297 e. The van der Waals surface area contributed by atoms with Crippen molar-refractivity contribution >= 4 is 18.0 Å². The van der Waals surface area contributed by atoms with Crippen LogP contribution in [0.5, 0.6) is 0 Å². The zero-order valence-electron chi connectivity index (χ0n) is 10.8. The van der Waals surface area contributed by atoms with Gasteiger partial charge in [0.25, 0.3) is 5.56 Å². The van der Waals surface area contributed by atoms with E-state index in [2.05, 4.69) is 15.3 Å². The van der Waals surface area contributed by atoms with E-state index < -0.39 is 0 Å². The van der Waals surface area contributed by atoms with Gasteiger partial charge in [0.1, 0.15) is 5.69 Å². The Morgan fingerprint density at radius 3 is 2.41 bits per heavy atom. The number of rotatable bonds is 4. The summed E-state index contributed by atoms with van der Waals surface area (Å²) in [5, 5.41) is 12.7. The lowest BCUT2D eigenvalue weighted by molar-refractivity contribution is 0.601. The van der Waals surface area contributed by atoms with Crippen LogP contribution in [-0.2, 0) is 0 Å². The van der Waals surface area contributed by atoms with Crippen LogP contribution in [0, 0.1) is 5.92 Å². The minimum absolute atomic E-state index is 0.0476. The zero-order chi connectivity index (χ0) is 13.0. The van der Waals surface area contributed by atoms with Crippen molar-refractivity contribution in [1.29, 1.82) is 0 Å². The summed E-state index contributed by atoms with van der Waals surface area (Å²) in [6, 6.07) is 0. The van der Waals surface area contributed by atoms with E-state index in [1.807, 2.05) is 34.0 Å². The molecule has 0 saturated heterocycles. The number of hydrogen-bond donors (Lipinski definition) is 0. The Morgan fingerprint density at radius 1 is 1.29 bits per heavy atom. The monoisotopic (exact) mass is 254 g/mol. The maximum atomic E-state index is 12.1. The van der Waals surface area contributed by atoms with Gasteiger partial charge in [-0.3, -0.25) is 4.79 Å². The fraction of sp³-hybridized carbons (Fsp3) is 0.636. The fourth-order valence-electron chi connectivity index (χ4n) is 1.17. The molecule has 6 heteroatoms. The highest BCUT2D eigenvalue weighted by molar-refractivity contribution is 7.98. The molecule has 1 heterocycles. The minimum atomic E-state index is -0.184. The standard InChI is InChI=1S/C11H18N4OS/c1-7(2)6-12-15-10(16)9(8(3)4)13-14-11(15)17-5/h6-8H,1-5H3. The van der Waals surface area contributed by atoms with Crippen LogP contribution in [0.2, 0.25) is 0 Å². The second kappa shape index (κ2) is 5.95. The van der Waals surface area contributed by atoms with E-state index in [0.717, 1.165) is 0 Å². The van der Waals surface area contributed by atoms with Crippen LogP contribution < -0.4 is 5.56 Å². The van der Waals surface area contributed by atoms with Crippen molar-refractivity contribution in [3.8, 4) is 0 Å². The van der Waals surface area contributed by atoms with Crippen LogP contribution >= 0.6 is 11.8 Å². The van der Waals surface area contributed by atoms with E-state index in [9.17, 15) is 4.79 Å². The highest BCUT2D eigenvalue weighted by atomic mass is 32.2. The molecule has 0 aliphatic rings. The van der Waals surface area contributed by atoms with Crippen molar-refractivity contribution in [3.05, 3.63) is 16.0 Å². The van der Waals surface area contributed by atoms with Crippen molar-refractivity contribution in [1.82, 2.24) is 14.9 Å². The van der Waals surface area contributed by atoms with E-state index in [4.69, 9.17) is 0 Å². The Kier molecular flexibility index (Phi) is 4.86. The normalized spacial score (nSPS) is 11.9. The minimum Gasteiger partial charge on any atom is -0.265 e. The summed E-state index contributed by atoms with van der Waals surface area (Å²) in [4.78, 5) is 12.1. The zero-order valence-corrected chi connectivity index (χ0v) is 11.7. The van der Waals surface area contributed by atoms with Gasteiger partial charge in [-0.05, 0) is 12.2 Å². The van der Waals surface area contributed by atoms with Gasteiger partial charge in [-0.15, -0.1) is 10.2 Å². The quantitative estimate of drug-likeness (QED) is 0.609. The average molecular weight is 254 g/mol. The fourth-order valence-corrected chi connectivity index (χ4v) is 1.59. The van der Waals surface area contributed by atoms with Gasteiger partial charge in [-0.25, -0.2) is 0 Å². The van der Waals surface area contributed by atoms with Crippen molar-refractivity contribution < 1.29 is 0 Å². The van der Waals surface area contributed by atoms with Crippen molar-refractivity contribution in [2.24, 2.45) is 11.0 Å². The smallest absolute Gasteiger partial charge is 0.265 e. The van der Waals surface area contributed by atoms with Crippen LogP contribution in [0.25, 0.3) is 0 Å². The van der Waals surface area contributed by atoms with Gasteiger partial charge in [0.15, 0.2) is 0 Å². The van der Waals surface area contributed by atoms with Crippen LogP contribution in [0.4, 0.5) is 0 Å². The average Bonchev–Trinajstić information content (AvgIpc) is 2.26. The van der Waals surface area contributed by atoms with Gasteiger partial charge in [0, 0.05) is 12.1 Å². The molecule has 17 heavy (non-hydrogen) atoms. The molecule has 1 aromatic rings. The second-order valence-electron chi connectivity index (χ2n) is 4.35. The Bertz CT molecular complexity index is 465. The summed E-state index contributed by atoms with van der Waals surface area (Å²) in [6.45, 7) is 7.85. The molecule has 0 N–H and O–H groups in total. The highest BCUT2D eigenvalue weighted by Crippen LogP contribution is 2.11. The molecular formula is C11H18N4OS. The summed E-state index contributed by atoms with van der Waals surface area (Å²) in [5.41, 5.74) is 0.264. The van der Waals surface area contributed by atoms with Gasteiger partial charge in [0.05, 0.1) is 0 Å². The van der Waals surface area contributed by atoms with E-state index in [1.165, 1.54) is 16.4 Å². The van der Waals surface area contributed by atoms with Crippen molar-refractivity contribution in [2.45, 2.75) is 38.8 Å². The predicted molar refractivity (Wildman–Crippen MR) is 70.9 cm³/mol. The molecule has 0 unspecified atom stereocenters. The first-order valence-electron chi connectivity index (χ1n) is 5.55. The molecule has 1 rings (SSSR count). The first kappa shape index (κ1) is 13.9. The molecule has 0 amide bonds. The summed E-state index contributed by atoms with van der Waals surface area (Å²) in [6.07, 6.45) is 3.58. The Labute approximate surface area is 105 Å². The van der Waals surface area contributed by atoms with E-state index in [1.54, 1.807) is 6.21 Å². The first-order chi connectivity index (χ1) is 7.97. The molecule has 0 atom stereocenters. The van der Waals surface area contributed by atoms with Gasteiger partial charge < -0.3 is 0 Å². The van der Waals surface area contributed by atoms with E-state index >= 15 is 0 Å². The lowest BCUT2D eigenvalue weighted by atomic mass is 10.1. The molecule has 0 aromatic carbocycles. The first-order valence-corrected chi connectivity index (χ1v) is 6.78. The molecule has 0 aliphatic carbocycles. The van der Waals surface area contributed by atoms with Crippen molar-refractivity contribution in [3.63, 3.8) is 0 Å². The summed E-state index contributed by atoms with van der Waals surface area (Å²) >= 11 is 1.36. The third-order valence-electron chi connectivity index (χ3n) is 2.05. The highest BCUT2D eigenvalue weighted by Gasteiger charge is 2.13. The van der Waals surface area contributed by atoms with Gasteiger partial charge in [0.2, 0.25) is 5.16 Å². The topological polar surface area (TPSA) is 60.1 Å². The lowest BCUT2D eigenvalue weighted by Gasteiger charge is -2.07.